The molecule has 0 heterocycles. The number of ether oxygens (including phenoxy) is 2. The molecule has 9 heteroatoms. The lowest BCUT2D eigenvalue weighted by molar-refractivity contribution is -0.0520. The van der Waals surface area contributed by atoms with E-state index in [0.29, 0.717) is 36.8 Å². The molecule has 31 heavy (non-hydrogen) atoms. The predicted molar refractivity (Wildman–Crippen MR) is 116 cm³/mol. The second-order valence-corrected chi connectivity index (χ2v) is 6.38. The third-order valence-corrected chi connectivity index (χ3v) is 4.22. The summed E-state index contributed by atoms with van der Waals surface area (Å²) in [6, 6.07) is 12.1. The Hall–Kier alpha value is -3.36. The molecule has 2 rings (SSSR count). The molecular formula is C22H28F2N4O3. The largest absolute Gasteiger partial charge is 0.490 e. The van der Waals surface area contributed by atoms with Crippen molar-refractivity contribution in [1.29, 1.82) is 0 Å². The van der Waals surface area contributed by atoms with Gasteiger partial charge >= 0.3 is 6.61 Å². The van der Waals surface area contributed by atoms with Gasteiger partial charge in [-0.1, -0.05) is 24.3 Å². The van der Waals surface area contributed by atoms with Crippen molar-refractivity contribution in [2.24, 2.45) is 4.99 Å². The molecule has 0 spiro atoms. The first-order valence-corrected chi connectivity index (χ1v) is 10.0. The van der Waals surface area contributed by atoms with Crippen molar-refractivity contribution >= 4 is 11.9 Å². The van der Waals surface area contributed by atoms with Gasteiger partial charge < -0.3 is 25.4 Å². The molecule has 0 aliphatic carbocycles. The maximum absolute atomic E-state index is 12.9. The van der Waals surface area contributed by atoms with Gasteiger partial charge in [0.25, 0.3) is 5.91 Å². The number of nitrogens with zero attached hydrogens (tertiary/aromatic N) is 1. The quantitative estimate of drug-likeness (QED) is 0.395. The summed E-state index contributed by atoms with van der Waals surface area (Å²) in [4.78, 5) is 16.1. The van der Waals surface area contributed by atoms with E-state index in [2.05, 4.69) is 20.9 Å². The Morgan fingerprint density at radius 3 is 2.45 bits per heavy atom. The first kappa shape index (κ1) is 23.9. The van der Waals surface area contributed by atoms with E-state index in [4.69, 9.17) is 9.47 Å². The third-order valence-electron chi connectivity index (χ3n) is 4.22. The van der Waals surface area contributed by atoms with Crippen molar-refractivity contribution in [2.45, 2.75) is 33.5 Å². The Bertz CT molecular complexity index is 874. The molecule has 0 aliphatic rings. The second kappa shape index (κ2) is 12.4. The Labute approximate surface area is 180 Å². The highest BCUT2D eigenvalue weighted by atomic mass is 19.3. The SMILES string of the molecule is CCNC(=NCc1ccc(C(=O)NC)cc1)NCc1cccc(OCC)c1OC(F)F. The fraction of sp³-hybridized carbons (Fsp3) is 0.364. The molecule has 3 N–H and O–H groups in total. The van der Waals surface area contributed by atoms with Gasteiger partial charge in [-0.05, 0) is 37.6 Å². The van der Waals surface area contributed by atoms with E-state index < -0.39 is 6.61 Å². The summed E-state index contributed by atoms with van der Waals surface area (Å²) in [6.45, 7) is 2.29. The first-order valence-electron chi connectivity index (χ1n) is 10.0. The van der Waals surface area contributed by atoms with E-state index >= 15 is 0 Å². The summed E-state index contributed by atoms with van der Waals surface area (Å²) in [5, 5.41) is 8.82. The average Bonchev–Trinajstić information content (AvgIpc) is 2.77. The number of hydrogen-bond acceptors (Lipinski definition) is 4. The number of carbonyl (C=O) groups is 1. The zero-order chi connectivity index (χ0) is 22.6. The molecule has 0 fully saturated rings. The van der Waals surface area contributed by atoms with Crippen LogP contribution < -0.4 is 25.4 Å². The number of rotatable bonds is 10. The summed E-state index contributed by atoms with van der Waals surface area (Å²) in [5.74, 6) is 0.636. The fourth-order valence-corrected chi connectivity index (χ4v) is 2.79. The number of aliphatic imine (C=N–C) groups is 1. The van der Waals surface area contributed by atoms with Gasteiger partial charge in [-0.15, -0.1) is 0 Å². The van der Waals surface area contributed by atoms with Crippen LogP contribution in [-0.4, -0.2) is 38.7 Å². The highest BCUT2D eigenvalue weighted by Gasteiger charge is 2.16. The monoisotopic (exact) mass is 434 g/mol. The molecule has 7 nitrogen and oxygen atoms in total. The molecule has 0 aromatic heterocycles. The second-order valence-electron chi connectivity index (χ2n) is 6.38. The van der Waals surface area contributed by atoms with Crippen LogP contribution in [0.5, 0.6) is 11.5 Å². The van der Waals surface area contributed by atoms with Crippen molar-refractivity contribution in [3.63, 3.8) is 0 Å². The number of benzene rings is 2. The molecule has 0 saturated heterocycles. The van der Waals surface area contributed by atoms with Crippen LogP contribution in [0.2, 0.25) is 0 Å². The van der Waals surface area contributed by atoms with Gasteiger partial charge in [-0.2, -0.15) is 8.78 Å². The van der Waals surface area contributed by atoms with Crippen molar-refractivity contribution in [1.82, 2.24) is 16.0 Å². The molecular weight excluding hydrogens is 406 g/mol. The number of guanidine groups is 1. The van der Waals surface area contributed by atoms with E-state index in [1.165, 1.54) is 0 Å². The molecule has 0 saturated carbocycles. The molecule has 0 atom stereocenters. The summed E-state index contributed by atoms with van der Waals surface area (Å²) in [5.41, 5.74) is 2.01. The van der Waals surface area contributed by atoms with E-state index in [1.807, 2.05) is 19.1 Å². The van der Waals surface area contributed by atoms with Crippen LogP contribution in [-0.2, 0) is 13.1 Å². The molecule has 0 bridgehead atoms. The van der Waals surface area contributed by atoms with Crippen molar-refractivity contribution < 1.29 is 23.0 Å². The molecule has 0 radical (unpaired) electrons. The summed E-state index contributed by atoms with van der Waals surface area (Å²) in [6.07, 6.45) is 0. The summed E-state index contributed by atoms with van der Waals surface area (Å²) >= 11 is 0. The smallest absolute Gasteiger partial charge is 0.387 e. The molecule has 168 valence electrons. The van der Waals surface area contributed by atoms with Gasteiger partial charge in [0.15, 0.2) is 17.5 Å². The summed E-state index contributed by atoms with van der Waals surface area (Å²) < 4.78 is 35.9. The van der Waals surface area contributed by atoms with Crippen LogP contribution in [0.4, 0.5) is 8.78 Å². The van der Waals surface area contributed by atoms with Crippen LogP contribution in [0.25, 0.3) is 0 Å². The lowest BCUT2D eigenvalue weighted by Crippen LogP contribution is -2.36. The fourth-order valence-electron chi connectivity index (χ4n) is 2.79. The lowest BCUT2D eigenvalue weighted by Gasteiger charge is -2.17. The van der Waals surface area contributed by atoms with Gasteiger partial charge in [0, 0.05) is 31.3 Å². The minimum atomic E-state index is -2.96. The Morgan fingerprint density at radius 1 is 1.10 bits per heavy atom. The van der Waals surface area contributed by atoms with Gasteiger partial charge in [0.2, 0.25) is 0 Å². The minimum absolute atomic E-state index is 0.00693. The summed E-state index contributed by atoms with van der Waals surface area (Å²) in [7, 11) is 1.58. The number of para-hydroxylation sites is 1. The highest BCUT2D eigenvalue weighted by Crippen LogP contribution is 2.32. The Morgan fingerprint density at radius 2 is 1.84 bits per heavy atom. The first-order chi connectivity index (χ1) is 15.0. The molecule has 0 unspecified atom stereocenters. The van der Waals surface area contributed by atoms with Gasteiger partial charge in [-0.3, -0.25) is 4.79 Å². The van der Waals surface area contributed by atoms with Crippen LogP contribution in [0, 0.1) is 0 Å². The molecule has 1 amide bonds. The average molecular weight is 434 g/mol. The lowest BCUT2D eigenvalue weighted by atomic mass is 10.1. The van der Waals surface area contributed by atoms with Crippen LogP contribution in [0.1, 0.15) is 35.3 Å². The maximum atomic E-state index is 12.9. The number of amides is 1. The molecule has 2 aromatic rings. The van der Waals surface area contributed by atoms with Crippen LogP contribution >= 0.6 is 0 Å². The van der Waals surface area contributed by atoms with Crippen molar-refractivity contribution in [3.8, 4) is 11.5 Å². The Kier molecular flexibility index (Phi) is 9.54. The highest BCUT2D eigenvalue weighted by molar-refractivity contribution is 5.93. The predicted octanol–water partition coefficient (Wildman–Crippen LogP) is 3.30. The van der Waals surface area contributed by atoms with Crippen LogP contribution in [0.15, 0.2) is 47.5 Å². The normalized spacial score (nSPS) is 11.2. The molecule has 2 aromatic carbocycles. The third kappa shape index (κ3) is 7.44. The van der Waals surface area contributed by atoms with E-state index in [9.17, 15) is 13.6 Å². The zero-order valence-electron chi connectivity index (χ0n) is 17.9. The van der Waals surface area contributed by atoms with Crippen molar-refractivity contribution in [2.75, 3.05) is 20.2 Å². The number of hydrogen-bond donors (Lipinski definition) is 3. The zero-order valence-corrected chi connectivity index (χ0v) is 17.9. The number of halogens is 2. The van der Waals surface area contributed by atoms with Crippen LogP contribution in [0.3, 0.4) is 0 Å². The molecule has 0 aliphatic heterocycles. The van der Waals surface area contributed by atoms with Gasteiger partial charge in [0.1, 0.15) is 0 Å². The van der Waals surface area contributed by atoms with E-state index in [0.717, 1.165) is 5.56 Å². The maximum Gasteiger partial charge on any atom is 0.387 e. The standard InChI is InChI=1S/C22H28F2N4O3/c1-4-26-22(27-13-15-9-11-16(12-10-15)20(29)25-3)28-14-17-7-6-8-18(30-5-2)19(17)31-21(23)24/h6-12,21H,4-5,13-14H2,1-3H3,(H,25,29)(H2,26,27,28). The topological polar surface area (TPSA) is 84.0 Å². The Balaban J connectivity index is 2.11. The van der Waals surface area contributed by atoms with Crippen molar-refractivity contribution in [3.05, 3.63) is 59.2 Å². The van der Waals surface area contributed by atoms with Gasteiger partial charge in [0.05, 0.1) is 13.2 Å². The number of alkyl halides is 2. The minimum Gasteiger partial charge on any atom is -0.490 e. The van der Waals surface area contributed by atoms with E-state index in [1.54, 1.807) is 44.3 Å². The number of nitrogens with one attached hydrogen (secondary N) is 3. The van der Waals surface area contributed by atoms with Gasteiger partial charge in [-0.25, -0.2) is 4.99 Å². The number of carbonyl (C=O) groups excluding carboxylic acids is 1. The van der Waals surface area contributed by atoms with E-state index in [-0.39, 0.29) is 24.0 Å².